The maximum absolute atomic E-state index is 13.8. The molecule has 0 bridgehead atoms. The summed E-state index contributed by atoms with van der Waals surface area (Å²) in [5, 5.41) is 0.359. The highest BCUT2D eigenvalue weighted by Crippen LogP contribution is 2.33. The smallest absolute Gasteiger partial charge is 0.223 e. The van der Waals surface area contributed by atoms with E-state index < -0.39 is 11.9 Å². The fraction of sp³-hybridized carbons (Fsp3) is 0.611. The van der Waals surface area contributed by atoms with Gasteiger partial charge in [-0.3, -0.25) is 4.79 Å². The second kappa shape index (κ2) is 8.03. The fourth-order valence-corrected chi connectivity index (χ4v) is 4.12. The SMILES string of the molecule is O=C(CC1CCCCC1)N1CCOC(c2cc(F)c(Cl)cc2Cl)C1. The van der Waals surface area contributed by atoms with E-state index in [9.17, 15) is 9.18 Å². The quantitative estimate of drug-likeness (QED) is 0.697. The van der Waals surface area contributed by atoms with Crippen LogP contribution in [0.15, 0.2) is 12.1 Å². The molecular weight excluding hydrogens is 352 g/mol. The van der Waals surface area contributed by atoms with Crippen molar-refractivity contribution in [2.24, 2.45) is 5.92 Å². The van der Waals surface area contributed by atoms with Gasteiger partial charge in [-0.25, -0.2) is 4.39 Å². The molecule has 1 saturated carbocycles. The van der Waals surface area contributed by atoms with Crippen molar-refractivity contribution in [3.05, 3.63) is 33.6 Å². The second-order valence-electron chi connectivity index (χ2n) is 6.70. The van der Waals surface area contributed by atoms with E-state index in [1.54, 1.807) is 0 Å². The zero-order valence-corrected chi connectivity index (χ0v) is 15.1. The van der Waals surface area contributed by atoms with Crippen LogP contribution in [0.3, 0.4) is 0 Å². The van der Waals surface area contributed by atoms with Gasteiger partial charge in [-0.2, -0.15) is 0 Å². The largest absolute Gasteiger partial charge is 0.370 e. The first kappa shape index (κ1) is 18.0. The topological polar surface area (TPSA) is 29.5 Å². The van der Waals surface area contributed by atoms with Crippen LogP contribution in [0.2, 0.25) is 10.0 Å². The highest BCUT2D eigenvalue weighted by atomic mass is 35.5. The molecule has 2 aliphatic rings. The van der Waals surface area contributed by atoms with Crippen molar-refractivity contribution in [1.82, 2.24) is 4.90 Å². The Kier molecular flexibility index (Phi) is 6.01. The second-order valence-corrected chi connectivity index (χ2v) is 7.51. The molecular formula is C18H22Cl2FNO2. The van der Waals surface area contributed by atoms with Crippen LogP contribution in [0, 0.1) is 11.7 Å². The van der Waals surface area contributed by atoms with Crippen LogP contribution in [-0.2, 0) is 9.53 Å². The molecule has 0 N–H and O–H groups in total. The van der Waals surface area contributed by atoms with E-state index in [-0.39, 0.29) is 10.9 Å². The van der Waals surface area contributed by atoms with E-state index in [4.69, 9.17) is 27.9 Å². The molecule has 1 saturated heterocycles. The molecule has 1 aliphatic carbocycles. The number of nitrogens with zero attached hydrogens (tertiary/aromatic N) is 1. The predicted molar refractivity (Wildman–Crippen MR) is 92.9 cm³/mol. The minimum atomic E-state index is -0.523. The molecule has 1 heterocycles. The summed E-state index contributed by atoms with van der Waals surface area (Å²) in [4.78, 5) is 14.4. The first-order valence-electron chi connectivity index (χ1n) is 8.58. The van der Waals surface area contributed by atoms with Crippen molar-refractivity contribution in [3.63, 3.8) is 0 Å². The maximum atomic E-state index is 13.8. The Balaban J connectivity index is 1.65. The Morgan fingerprint density at radius 3 is 2.71 bits per heavy atom. The molecule has 1 aromatic rings. The molecule has 1 atom stereocenters. The number of carbonyl (C=O) groups is 1. The number of benzene rings is 1. The van der Waals surface area contributed by atoms with Crippen molar-refractivity contribution >= 4 is 29.1 Å². The molecule has 1 unspecified atom stereocenters. The average Bonchev–Trinajstić information content (AvgIpc) is 2.59. The van der Waals surface area contributed by atoms with Gasteiger partial charge in [0.25, 0.3) is 0 Å². The summed E-state index contributed by atoms with van der Waals surface area (Å²) < 4.78 is 19.5. The first-order valence-corrected chi connectivity index (χ1v) is 9.34. The Morgan fingerprint density at radius 1 is 1.21 bits per heavy atom. The van der Waals surface area contributed by atoms with Crippen molar-refractivity contribution in [3.8, 4) is 0 Å². The van der Waals surface area contributed by atoms with E-state index in [2.05, 4.69) is 0 Å². The first-order chi connectivity index (χ1) is 11.5. The number of morpholine rings is 1. The minimum Gasteiger partial charge on any atom is -0.370 e. The van der Waals surface area contributed by atoms with Crippen LogP contribution in [-0.4, -0.2) is 30.5 Å². The van der Waals surface area contributed by atoms with Gasteiger partial charge in [0, 0.05) is 23.6 Å². The molecule has 1 amide bonds. The minimum absolute atomic E-state index is 0.00945. The lowest BCUT2D eigenvalue weighted by Crippen LogP contribution is -2.43. The molecule has 1 aromatic carbocycles. The van der Waals surface area contributed by atoms with E-state index in [1.165, 1.54) is 31.4 Å². The summed E-state index contributed by atoms with van der Waals surface area (Å²) in [5.74, 6) is 0.148. The Bertz CT molecular complexity index is 605. The van der Waals surface area contributed by atoms with Gasteiger partial charge in [-0.15, -0.1) is 0 Å². The third-order valence-electron chi connectivity index (χ3n) is 4.99. The summed E-state index contributed by atoms with van der Waals surface area (Å²) in [6.07, 6.45) is 6.22. The molecule has 3 nitrogen and oxygen atoms in total. The van der Waals surface area contributed by atoms with Crippen LogP contribution in [0.4, 0.5) is 4.39 Å². The molecule has 0 aromatic heterocycles. The van der Waals surface area contributed by atoms with E-state index in [0.29, 0.717) is 42.6 Å². The summed E-state index contributed by atoms with van der Waals surface area (Å²) >= 11 is 11.9. The van der Waals surface area contributed by atoms with Gasteiger partial charge >= 0.3 is 0 Å². The van der Waals surface area contributed by atoms with Gasteiger partial charge in [-0.1, -0.05) is 42.5 Å². The van der Waals surface area contributed by atoms with Crippen LogP contribution < -0.4 is 0 Å². The Hall–Kier alpha value is -0.840. The van der Waals surface area contributed by atoms with Crippen LogP contribution >= 0.6 is 23.2 Å². The molecule has 0 spiro atoms. The normalized spacial score (nSPS) is 22.6. The molecule has 6 heteroatoms. The average molecular weight is 374 g/mol. The van der Waals surface area contributed by atoms with Crippen molar-refractivity contribution in [1.29, 1.82) is 0 Å². The monoisotopic (exact) mass is 373 g/mol. The van der Waals surface area contributed by atoms with Crippen molar-refractivity contribution in [2.75, 3.05) is 19.7 Å². The molecule has 2 fully saturated rings. The fourth-order valence-electron chi connectivity index (χ4n) is 3.62. The summed E-state index contributed by atoms with van der Waals surface area (Å²) in [6, 6.07) is 2.70. The summed E-state index contributed by atoms with van der Waals surface area (Å²) in [6.45, 7) is 1.42. The van der Waals surface area contributed by atoms with Gasteiger partial charge in [0.05, 0.1) is 18.2 Å². The van der Waals surface area contributed by atoms with Gasteiger partial charge in [0.15, 0.2) is 0 Å². The van der Waals surface area contributed by atoms with Gasteiger partial charge in [0.2, 0.25) is 5.91 Å². The number of hydrogen-bond donors (Lipinski definition) is 0. The lowest BCUT2D eigenvalue weighted by molar-refractivity contribution is -0.140. The number of hydrogen-bond acceptors (Lipinski definition) is 2. The van der Waals surface area contributed by atoms with Gasteiger partial charge in [0.1, 0.15) is 11.9 Å². The van der Waals surface area contributed by atoms with Crippen molar-refractivity contribution in [2.45, 2.75) is 44.6 Å². The maximum Gasteiger partial charge on any atom is 0.223 e. The molecule has 3 rings (SSSR count). The molecule has 132 valence electrons. The van der Waals surface area contributed by atoms with Crippen LogP contribution in [0.1, 0.15) is 50.2 Å². The molecule has 0 radical (unpaired) electrons. The van der Waals surface area contributed by atoms with E-state index >= 15 is 0 Å². The third kappa shape index (κ3) is 4.22. The van der Waals surface area contributed by atoms with Gasteiger partial charge in [-0.05, 0) is 30.9 Å². The number of rotatable bonds is 3. The number of carbonyl (C=O) groups excluding carboxylic acids is 1. The van der Waals surface area contributed by atoms with Crippen LogP contribution in [0.25, 0.3) is 0 Å². The predicted octanol–water partition coefficient (Wildman–Crippen LogP) is 5.00. The zero-order valence-electron chi connectivity index (χ0n) is 13.6. The lowest BCUT2D eigenvalue weighted by Gasteiger charge is -2.34. The number of ether oxygens (including phenoxy) is 1. The standard InChI is InChI=1S/C18H22Cl2FNO2/c19-14-10-15(20)16(21)9-13(14)17-11-22(6-7-24-17)18(23)8-12-4-2-1-3-5-12/h9-10,12,17H,1-8,11H2. The van der Waals surface area contributed by atoms with Crippen molar-refractivity contribution < 1.29 is 13.9 Å². The van der Waals surface area contributed by atoms with E-state index in [0.717, 1.165) is 12.8 Å². The lowest BCUT2D eigenvalue weighted by atomic mass is 9.86. The zero-order chi connectivity index (χ0) is 17.1. The van der Waals surface area contributed by atoms with E-state index in [1.807, 2.05) is 4.90 Å². The van der Waals surface area contributed by atoms with Crippen LogP contribution in [0.5, 0.6) is 0 Å². The summed E-state index contributed by atoms with van der Waals surface area (Å²) in [7, 11) is 0. The number of amides is 1. The number of halogens is 3. The molecule has 24 heavy (non-hydrogen) atoms. The molecule has 1 aliphatic heterocycles. The van der Waals surface area contributed by atoms with Gasteiger partial charge < -0.3 is 9.64 Å². The Morgan fingerprint density at radius 2 is 1.96 bits per heavy atom. The highest BCUT2D eigenvalue weighted by molar-refractivity contribution is 6.35. The Labute approximate surface area is 152 Å². The summed E-state index contributed by atoms with van der Waals surface area (Å²) in [5.41, 5.74) is 0.550. The highest BCUT2D eigenvalue weighted by Gasteiger charge is 2.29. The third-order valence-corrected chi connectivity index (χ3v) is 5.61.